The van der Waals surface area contributed by atoms with Crippen LogP contribution in [0.5, 0.6) is 5.75 Å². The van der Waals surface area contributed by atoms with E-state index in [1.54, 1.807) is 0 Å². The lowest BCUT2D eigenvalue weighted by atomic mass is 9.74. The molecule has 3 rings (SSSR count). The van der Waals surface area contributed by atoms with Crippen LogP contribution in [0, 0.1) is 0 Å². The molecule has 1 N–H and O–H groups in total. The van der Waals surface area contributed by atoms with Gasteiger partial charge < -0.3 is 19.7 Å². The first kappa shape index (κ1) is 19.7. The lowest BCUT2D eigenvalue weighted by Crippen LogP contribution is -2.42. The summed E-state index contributed by atoms with van der Waals surface area (Å²) in [6, 6.07) is 9.55. The van der Waals surface area contributed by atoms with Gasteiger partial charge in [0, 0.05) is 44.3 Å². The van der Waals surface area contributed by atoms with Crippen LogP contribution in [0.2, 0.25) is 0 Å². The molecule has 0 bridgehead atoms. The molecule has 0 radical (unpaired) electrons. The second-order valence-electron chi connectivity index (χ2n) is 8.14. The van der Waals surface area contributed by atoms with Crippen molar-refractivity contribution in [1.29, 1.82) is 0 Å². The van der Waals surface area contributed by atoms with E-state index in [1.807, 2.05) is 0 Å². The maximum Gasteiger partial charge on any atom is 0.119 e. The molecule has 2 fully saturated rings. The molecule has 0 spiro atoms. The fourth-order valence-electron chi connectivity index (χ4n) is 4.28. The summed E-state index contributed by atoms with van der Waals surface area (Å²) >= 11 is 0. The van der Waals surface area contributed by atoms with Crippen molar-refractivity contribution >= 4 is 0 Å². The van der Waals surface area contributed by atoms with Crippen molar-refractivity contribution < 1.29 is 9.47 Å². The number of likely N-dealkylation sites (tertiary alicyclic amines) is 1. The Hall–Kier alpha value is -1.10. The van der Waals surface area contributed by atoms with Gasteiger partial charge in [0.05, 0.1) is 0 Å². The molecule has 2 aliphatic rings. The summed E-state index contributed by atoms with van der Waals surface area (Å²) < 4.78 is 11.9. The number of hydrogen-bond donors (Lipinski definition) is 1. The summed E-state index contributed by atoms with van der Waals surface area (Å²) in [6.07, 6.45) is 4.79. The second kappa shape index (κ2) is 9.20. The number of rotatable bonds is 7. The minimum Gasteiger partial charge on any atom is -0.490 e. The molecular formula is C22H36N2O2. The van der Waals surface area contributed by atoms with Crippen LogP contribution in [0.3, 0.4) is 0 Å². The average Bonchev–Trinajstić information content (AvgIpc) is 2.68. The van der Waals surface area contributed by atoms with Gasteiger partial charge in [-0.15, -0.1) is 0 Å². The van der Waals surface area contributed by atoms with Gasteiger partial charge in [-0.05, 0) is 63.8 Å². The number of nitrogens with zero attached hydrogens (tertiary/aromatic N) is 1. The first-order valence-electron chi connectivity index (χ1n) is 10.4. The normalized spacial score (nSPS) is 21.8. The van der Waals surface area contributed by atoms with E-state index < -0.39 is 0 Å². The molecule has 2 heterocycles. The SMILES string of the molecule is CCNCC1(c2ccc(OC3CCN(C(C)C)CC3)cc2)CCOCC1. The van der Waals surface area contributed by atoms with E-state index in [-0.39, 0.29) is 5.41 Å². The molecule has 26 heavy (non-hydrogen) atoms. The zero-order valence-corrected chi connectivity index (χ0v) is 16.8. The van der Waals surface area contributed by atoms with Crippen LogP contribution >= 0.6 is 0 Å². The lowest BCUT2D eigenvalue weighted by molar-refractivity contribution is 0.0500. The highest BCUT2D eigenvalue weighted by Crippen LogP contribution is 2.35. The fraction of sp³-hybridized carbons (Fsp3) is 0.727. The minimum absolute atomic E-state index is 0.204. The van der Waals surface area contributed by atoms with Crippen LogP contribution < -0.4 is 10.1 Å². The largest absolute Gasteiger partial charge is 0.490 e. The topological polar surface area (TPSA) is 33.7 Å². The Morgan fingerprint density at radius 3 is 2.38 bits per heavy atom. The molecule has 146 valence electrons. The summed E-state index contributed by atoms with van der Waals surface area (Å²) in [4.78, 5) is 2.54. The average molecular weight is 361 g/mol. The number of benzene rings is 1. The van der Waals surface area contributed by atoms with Crippen LogP contribution in [0.1, 0.15) is 52.0 Å². The number of hydrogen-bond acceptors (Lipinski definition) is 4. The molecule has 4 nitrogen and oxygen atoms in total. The summed E-state index contributed by atoms with van der Waals surface area (Å²) in [5.74, 6) is 1.02. The van der Waals surface area contributed by atoms with Crippen molar-refractivity contribution in [3.63, 3.8) is 0 Å². The van der Waals surface area contributed by atoms with Gasteiger partial charge in [0.15, 0.2) is 0 Å². The monoisotopic (exact) mass is 360 g/mol. The van der Waals surface area contributed by atoms with E-state index in [0.29, 0.717) is 12.1 Å². The molecule has 4 heteroatoms. The summed E-state index contributed by atoms with van der Waals surface area (Å²) in [5.41, 5.74) is 1.62. The molecule has 2 saturated heterocycles. The quantitative estimate of drug-likeness (QED) is 0.806. The Morgan fingerprint density at radius 1 is 1.15 bits per heavy atom. The zero-order valence-electron chi connectivity index (χ0n) is 16.8. The van der Waals surface area contributed by atoms with Crippen molar-refractivity contribution in [1.82, 2.24) is 10.2 Å². The lowest BCUT2D eigenvalue weighted by Gasteiger charge is -2.38. The third-order valence-corrected chi connectivity index (χ3v) is 6.14. The van der Waals surface area contributed by atoms with E-state index in [4.69, 9.17) is 9.47 Å². The van der Waals surface area contributed by atoms with Crippen molar-refractivity contribution in [2.24, 2.45) is 0 Å². The molecule has 2 aliphatic heterocycles. The van der Waals surface area contributed by atoms with Crippen LogP contribution in [0.25, 0.3) is 0 Å². The van der Waals surface area contributed by atoms with E-state index in [0.717, 1.165) is 70.8 Å². The van der Waals surface area contributed by atoms with Gasteiger partial charge >= 0.3 is 0 Å². The Morgan fingerprint density at radius 2 is 1.81 bits per heavy atom. The van der Waals surface area contributed by atoms with Gasteiger partial charge in [-0.25, -0.2) is 0 Å². The Kier molecular flexibility index (Phi) is 6.96. The van der Waals surface area contributed by atoms with Crippen LogP contribution in [-0.2, 0) is 10.2 Å². The number of piperidine rings is 1. The predicted molar refractivity (Wildman–Crippen MR) is 107 cm³/mol. The third-order valence-electron chi connectivity index (χ3n) is 6.14. The Balaban J connectivity index is 1.60. The molecule has 0 saturated carbocycles. The maximum atomic E-state index is 6.27. The van der Waals surface area contributed by atoms with Crippen molar-refractivity contribution in [2.45, 2.75) is 64.0 Å². The molecule has 1 aromatic carbocycles. The highest BCUT2D eigenvalue weighted by molar-refractivity contribution is 5.33. The van der Waals surface area contributed by atoms with Gasteiger partial charge in [0.1, 0.15) is 11.9 Å². The zero-order chi connectivity index (χ0) is 18.4. The molecule has 0 amide bonds. The molecule has 0 aromatic heterocycles. The molecule has 0 aliphatic carbocycles. The third kappa shape index (κ3) is 4.79. The van der Waals surface area contributed by atoms with Gasteiger partial charge in [0.25, 0.3) is 0 Å². The first-order chi connectivity index (χ1) is 12.6. The van der Waals surface area contributed by atoms with Crippen LogP contribution in [0.4, 0.5) is 0 Å². The predicted octanol–water partition coefficient (Wildman–Crippen LogP) is 3.60. The molecular weight excluding hydrogens is 324 g/mol. The van der Waals surface area contributed by atoms with E-state index in [2.05, 4.69) is 55.3 Å². The van der Waals surface area contributed by atoms with E-state index in [1.165, 1.54) is 5.56 Å². The summed E-state index contributed by atoms with van der Waals surface area (Å²) in [7, 11) is 0. The second-order valence-corrected chi connectivity index (χ2v) is 8.14. The number of ether oxygens (including phenoxy) is 2. The molecule has 1 aromatic rings. The maximum absolute atomic E-state index is 6.27. The van der Waals surface area contributed by atoms with Crippen molar-refractivity contribution in [3.05, 3.63) is 29.8 Å². The van der Waals surface area contributed by atoms with E-state index >= 15 is 0 Å². The minimum atomic E-state index is 0.204. The standard InChI is InChI=1S/C22H36N2O2/c1-4-23-17-22(11-15-25-16-12-22)19-5-7-20(8-6-19)26-21-9-13-24(14-10-21)18(2)3/h5-8,18,21,23H,4,9-17H2,1-3H3. The first-order valence-corrected chi connectivity index (χ1v) is 10.4. The summed E-state index contributed by atoms with van der Waals surface area (Å²) in [5, 5.41) is 3.56. The van der Waals surface area contributed by atoms with Crippen LogP contribution in [0.15, 0.2) is 24.3 Å². The Bertz CT molecular complexity index is 530. The molecule has 0 atom stereocenters. The van der Waals surface area contributed by atoms with Gasteiger partial charge in [-0.3, -0.25) is 0 Å². The number of likely N-dealkylation sites (N-methyl/N-ethyl adjacent to an activating group) is 1. The highest BCUT2D eigenvalue weighted by Gasteiger charge is 2.34. The highest BCUT2D eigenvalue weighted by atomic mass is 16.5. The van der Waals surface area contributed by atoms with Crippen LogP contribution in [-0.4, -0.2) is 56.4 Å². The van der Waals surface area contributed by atoms with Gasteiger partial charge in [-0.2, -0.15) is 0 Å². The number of nitrogens with one attached hydrogen (secondary N) is 1. The smallest absolute Gasteiger partial charge is 0.119 e. The Labute approximate surface area is 159 Å². The summed E-state index contributed by atoms with van der Waals surface area (Å²) in [6.45, 7) is 12.8. The van der Waals surface area contributed by atoms with Gasteiger partial charge in [-0.1, -0.05) is 19.1 Å². The van der Waals surface area contributed by atoms with Gasteiger partial charge in [0.2, 0.25) is 0 Å². The molecule has 0 unspecified atom stereocenters. The van der Waals surface area contributed by atoms with Crippen molar-refractivity contribution in [3.8, 4) is 5.75 Å². The van der Waals surface area contributed by atoms with Crippen molar-refractivity contribution in [2.75, 3.05) is 39.4 Å². The fourth-order valence-corrected chi connectivity index (χ4v) is 4.28. The van der Waals surface area contributed by atoms with E-state index in [9.17, 15) is 0 Å².